The highest BCUT2D eigenvalue weighted by Crippen LogP contribution is 2.44. The van der Waals surface area contributed by atoms with Crippen molar-refractivity contribution in [3.63, 3.8) is 0 Å². The Kier molecular flexibility index (Phi) is 6.43. The van der Waals surface area contributed by atoms with Crippen LogP contribution in [0.4, 0.5) is 18.9 Å². The number of nitrogens with zero attached hydrogens (tertiary/aromatic N) is 1. The van der Waals surface area contributed by atoms with Gasteiger partial charge in [0.05, 0.1) is 27.5 Å². The Morgan fingerprint density at radius 1 is 1.26 bits per heavy atom. The van der Waals surface area contributed by atoms with Crippen molar-refractivity contribution in [2.24, 2.45) is 0 Å². The van der Waals surface area contributed by atoms with Gasteiger partial charge in [0.1, 0.15) is 4.32 Å². The standard InChI is InChI=1S/C18H10ClF3N2O5S2/c1-28-13-5-8(6-14-16(25)23-17(30)31-14)4-10(19)15(13)29-12-3-2-9(18(20,21)22)7-11(12)24(26)27/h2-7H,1H3,(H,23,25,30). The van der Waals surface area contributed by atoms with Crippen molar-refractivity contribution in [2.45, 2.75) is 6.18 Å². The third-order valence-corrected chi connectivity index (χ3v) is 5.33. The molecule has 1 amide bonds. The molecule has 13 heteroatoms. The number of amides is 1. The van der Waals surface area contributed by atoms with E-state index in [2.05, 4.69) is 5.32 Å². The van der Waals surface area contributed by atoms with Gasteiger partial charge in [-0.1, -0.05) is 35.6 Å². The van der Waals surface area contributed by atoms with E-state index >= 15 is 0 Å². The summed E-state index contributed by atoms with van der Waals surface area (Å²) in [5.41, 5.74) is -1.65. The number of nitro benzene ring substituents is 1. The smallest absolute Gasteiger partial charge is 0.416 e. The van der Waals surface area contributed by atoms with Crippen molar-refractivity contribution >= 4 is 57.6 Å². The van der Waals surface area contributed by atoms with Gasteiger partial charge in [-0.3, -0.25) is 14.9 Å². The monoisotopic (exact) mass is 490 g/mol. The molecule has 1 heterocycles. The van der Waals surface area contributed by atoms with Crippen molar-refractivity contribution in [2.75, 3.05) is 7.11 Å². The predicted molar refractivity (Wildman–Crippen MR) is 112 cm³/mol. The maximum atomic E-state index is 12.9. The lowest BCUT2D eigenvalue weighted by molar-refractivity contribution is -0.385. The Bertz CT molecular complexity index is 1140. The van der Waals surface area contributed by atoms with E-state index in [1.807, 2.05) is 0 Å². The number of thioether (sulfide) groups is 1. The second-order valence-electron chi connectivity index (χ2n) is 5.93. The van der Waals surface area contributed by atoms with Gasteiger partial charge in [-0.05, 0) is 35.9 Å². The fourth-order valence-electron chi connectivity index (χ4n) is 2.53. The highest BCUT2D eigenvalue weighted by Gasteiger charge is 2.34. The molecule has 2 aromatic carbocycles. The van der Waals surface area contributed by atoms with Crippen LogP contribution in [0.15, 0.2) is 35.2 Å². The van der Waals surface area contributed by atoms with Gasteiger partial charge in [-0.15, -0.1) is 0 Å². The fourth-order valence-corrected chi connectivity index (χ4v) is 3.83. The molecule has 0 radical (unpaired) electrons. The van der Waals surface area contributed by atoms with Crippen LogP contribution in [0.25, 0.3) is 6.08 Å². The van der Waals surface area contributed by atoms with Crippen LogP contribution in [-0.2, 0) is 11.0 Å². The lowest BCUT2D eigenvalue weighted by atomic mass is 10.1. The van der Waals surface area contributed by atoms with E-state index in [1.54, 1.807) is 0 Å². The maximum absolute atomic E-state index is 12.9. The molecule has 0 spiro atoms. The van der Waals surface area contributed by atoms with E-state index in [0.29, 0.717) is 26.9 Å². The number of thiocarbonyl (C=S) groups is 1. The molecule has 31 heavy (non-hydrogen) atoms. The SMILES string of the molecule is COc1cc(C=C2SC(=S)NC2=O)cc(Cl)c1Oc1ccc(C(F)(F)F)cc1[N+](=O)[O-]. The van der Waals surface area contributed by atoms with Crippen LogP contribution in [0.5, 0.6) is 17.2 Å². The number of methoxy groups -OCH3 is 1. The van der Waals surface area contributed by atoms with Crippen LogP contribution in [0, 0.1) is 10.1 Å². The number of nitro groups is 1. The van der Waals surface area contributed by atoms with E-state index < -0.39 is 28.1 Å². The first-order valence-electron chi connectivity index (χ1n) is 8.15. The number of carbonyl (C=O) groups excluding carboxylic acids is 1. The molecule has 1 fully saturated rings. The van der Waals surface area contributed by atoms with Crippen LogP contribution in [-0.4, -0.2) is 22.3 Å². The lowest BCUT2D eigenvalue weighted by Crippen LogP contribution is -2.17. The van der Waals surface area contributed by atoms with Crippen molar-refractivity contribution in [3.05, 3.63) is 61.5 Å². The Hall–Kier alpha value is -2.83. The number of hydrogen-bond donors (Lipinski definition) is 1. The summed E-state index contributed by atoms with van der Waals surface area (Å²) in [7, 11) is 1.28. The Balaban J connectivity index is 2.01. The number of carbonyl (C=O) groups is 1. The summed E-state index contributed by atoms with van der Waals surface area (Å²) >= 11 is 12.2. The molecule has 0 aromatic heterocycles. The summed E-state index contributed by atoms with van der Waals surface area (Å²) in [4.78, 5) is 22.4. The quantitative estimate of drug-likeness (QED) is 0.254. The molecule has 1 saturated heterocycles. The second kappa shape index (κ2) is 8.73. The Labute approximate surface area is 187 Å². The minimum atomic E-state index is -4.76. The highest BCUT2D eigenvalue weighted by atomic mass is 35.5. The van der Waals surface area contributed by atoms with E-state index in [9.17, 15) is 28.1 Å². The molecule has 0 aliphatic carbocycles. The molecule has 162 valence electrons. The number of halogens is 4. The highest BCUT2D eigenvalue weighted by molar-refractivity contribution is 8.26. The van der Waals surface area contributed by atoms with Crippen LogP contribution in [0.1, 0.15) is 11.1 Å². The molecule has 1 aliphatic heterocycles. The van der Waals surface area contributed by atoms with Gasteiger partial charge in [-0.2, -0.15) is 13.2 Å². The van der Waals surface area contributed by atoms with Crippen LogP contribution in [0.2, 0.25) is 5.02 Å². The molecule has 1 aliphatic rings. The summed E-state index contributed by atoms with van der Waals surface area (Å²) in [6.07, 6.45) is -3.27. The molecule has 2 aromatic rings. The molecular formula is C18H10ClF3N2O5S2. The molecule has 1 N–H and O–H groups in total. The van der Waals surface area contributed by atoms with Gasteiger partial charge in [0.2, 0.25) is 5.75 Å². The first-order chi connectivity index (χ1) is 14.5. The first kappa shape index (κ1) is 22.8. The average Bonchev–Trinajstić information content (AvgIpc) is 2.99. The van der Waals surface area contributed by atoms with Crippen LogP contribution >= 0.6 is 35.6 Å². The van der Waals surface area contributed by atoms with Gasteiger partial charge in [0.25, 0.3) is 5.91 Å². The lowest BCUT2D eigenvalue weighted by Gasteiger charge is -2.14. The summed E-state index contributed by atoms with van der Waals surface area (Å²) in [5, 5.41) is 13.7. The van der Waals surface area contributed by atoms with Crippen molar-refractivity contribution in [1.82, 2.24) is 5.32 Å². The molecule has 0 atom stereocenters. The summed E-state index contributed by atoms with van der Waals surface area (Å²) in [6, 6.07) is 4.69. The molecule has 0 bridgehead atoms. The van der Waals surface area contributed by atoms with E-state index in [0.717, 1.165) is 17.8 Å². The number of ether oxygens (including phenoxy) is 2. The van der Waals surface area contributed by atoms with E-state index in [4.69, 9.17) is 33.3 Å². The van der Waals surface area contributed by atoms with Crippen molar-refractivity contribution < 1.29 is 32.4 Å². The fraction of sp³-hybridized carbons (Fsp3) is 0.111. The number of hydrogen-bond acceptors (Lipinski definition) is 7. The maximum Gasteiger partial charge on any atom is 0.416 e. The van der Waals surface area contributed by atoms with Crippen molar-refractivity contribution in [1.29, 1.82) is 0 Å². The number of alkyl halides is 3. The molecule has 0 saturated carbocycles. The normalized spacial score (nSPS) is 15.2. The van der Waals surface area contributed by atoms with Gasteiger partial charge in [0.15, 0.2) is 11.5 Å². The topological polar surface area (TPSA) is 90.7 Å². The largest absolute Gasteiger partial charge is 0.493 e. The number of rotatable bonds is 5. The molecule has 0 unspecified atom stereocenters. The molecule has 3 rings (SSSR count). The van der Waals surface area contributed by atoms with Crippen LogP contribution < -0.4 is 14.8 Å². The van der Waals surface area contributed by atoms with Gasteiger partial charge in [0, 0.05) is 6.07 Å². The number of benzene rings is 2. The molecular weight excluding hydrogens is 481 g/mol. The average molecular weight is 491 g/mol. The van der Waals surface area contributed by atoms with Gasteiger partial charge in [-0.25, -0.2) is 0 Å². The summed E-state index contributed by atoms with van der Waals surface area (Å²) < 4.78 is 49.6. The molecule has 7 nitrogen and oxygen atoms in total. The Morgan fingerprint density at radius 2 is 1.97 bits per heavy atom. The van der Waals surface area contributed by atoms with Gasteiger partial charge >= 0.3 is 11.9 Å². The minimum absolute atomic E-state index is 0.0412. The first-order valence-corrected chi connectivity index (χ1v) is 9.75. The van der Waals surface area contributed by atoms with E-state index in [1.165, 1.54) is 25.3 Å². The van der Waals surface area contributed by atoms with Crippen LogP contribution in [0.3, 0.4) is 0 Å². The zero-order valence-corrected chi connectivity index (χ0v) is 17.7. The minimum Gasteiger partial charge on any atom is -0.493 e. The third-order valence-electron chi connectivity index (χ3n) is 3.89. The van der Waals surface area contributed by atoms with Crippen molar-refractivity contribution in [3.8, 4) is 17.2 Å². The summed E-state index contributed by atoms with van der Waals surface area (Å²) in [5.74, 6) is -0.945. The van der Waals surface area contributed by atoms with Gasteiger partial charge < -0.3 is 14.8 Å². The number of nitrogens with one attached hydrogen (secondary N) is 1. The zero-order valence-electron chi connectivity index (χ0n) is 15.3. The zero-order chi connectivity index (χ0) is 22.9. The summed E-state index contributed by atoms with van der Waals surface area (Å²) in [6.45, 7) is 0. The van der Waals surface area contributed by atoms with E-state index in [-0.39, 0.29) is 22.4 Å². The second-order valence-corrected chi connectivity index (χ2v) is 8.05. The third kappa shape index (κ3) is 5.09. The Morgan fingerprint density at radius 3 is 2.52 bits per heavy atom. The predicted octanol–water partition coefficient (Wildman–Crippen LogP) is 5.56.